The lowest BCUT2D eigenvalue weighted by atomic mass is 10.1. The minimum atomic E-state index is -0.803. The summed E-state index contributed by atoms with van der Waals surface area (Å²) in [4.78, 5) is 38.0. The Morgan fingerprint density at radius 2 is 1.74 bits per heavy atom. The fraction of sp³-hybridized carbons (Fsp3) is 0.345. The average molecular weight is 576 g/mol. The number of rotatable bonds is 5. The van der Waals surface area contributed by atoms with Gasteiger partial charge in [0.05, 0.1) is 37.9 Å². The molecule has 1 N–H and O–H groups in total. The lowest BCUT2D eigenvalue weighted by molar-refractivity contribution is 0.106. The van der Waals surface area contributed by atoms with Gasteiger partial charge in [-0.25, -0.2) is 28.6 Å². The number of likely N-dealkylation sites (tertiary alicyclic amines) is 1. The van der Waals surface area contributed by atoms with E-state index in [1.54, 1.807) is 35.2 Å². The molecule has 0 aliphatic carbocycles. The Kier molecular flexibility index (Phi) is 7.82. The summed E-state index contributed by atoms with van der Waals surface area (Å²) in [5.74, 6) is 0.516. The second-order valence-electron chi connectivity index (χ2n) is 10.0. The normalized spacial score (nSPS) is 16.0. The molecule has 0 radical (unpaired) electrons. The molecule has 13 heteroatoms. The predicted molar refractivity (Wildman–Crippen MR) is 152 cm³/mol. The van der Waals surface area contributed by atoms with Gasteiger partial charge in [0.25, 0.3) is 0 Å². The minimum Gasteiger partial charge on any atom is -0.453 e. The Hall–Kier alpha value is -4.78. The van der Waals surface area contributed by atoms with Gasteiger partial charge in [-0.3, -0.25) is 5.32 Å². The molecule has 4 heterocycles. The van der Waals surface area contributed by atoms with Crippen molar-refractivity contribution in [3.05, 3.63) is 60.5 Å². The molecule has 2 fully saturated rings. The van der Waals surface area contributed by atoms with Crippen molar-refractivity contribution in [3.63, 3.8) is 0 Å². The first-order chi connectivity index (χ1) is 20.5. The standard InChI is InChI=1S/C29H30FN7O5/c1-40-29(39)36-12-10-21(11-13-36)37-27-22(18-31-37)26(35-14-16-41-17-15-35)33-25(34-27)19-6-8-20(9-7-19)32-28(38)42-24-5-3-2-4-23(24)30/h2-9,18,21H,10-17H2,1H3,(H,32,38). The van der Waals surface area contributed by atoms with Crippen LogP contribution in [0.15, 0.2) is 54.7 Å². The molecule has 0 unspecified atom stereocenters. The van der Waals surface area contributed by atoms with Gasteiger partial charge in [-0.1, -0.05) is 12.1 Å². The maximum absolute atomic E-state index is 13.8. The molecular weight excluding hydrogens is 545 g/mol. The van der Waals surface area contributed by atoms with Crippen molar-refractivity contribution in [1.82, 2.24) is 24.6 Å². The number of methoxy groups -OCH3 is 1. The number of fused-ring (bicyclic) bond motifs is 1. The predicted octanol–water partition coefficient (Wildman–Crippen LogP) is 4.48. The first-order valence-electron chi connectivity index (χ1n) is 13.7. The van der Waals surface area contributed by atoms with Crippen LogP contribution in [0.3, 0.4) is 0 Å². The molecular formula is C29H30FN7O5. The smallest absolute Gasteiger partial charge is 0.417 e. The van der Waals surface area contributed by atoms with Gasteiger partial charge in [-0.2, -0.15) is 5.10 Å². The molecule has 12 nitrogen and oxygen atoms in total. The Morgan fingerprint density at radius 1 is 1.00 bits per heavy atom. The van der Waals surface area contributed by atoms with E-state index in [9.17, 15) is 14.0 Å². The molecule has 0 atom stereocenters. The third-order valence-corrected chi connectivity index (χ3v) is 7.42. The molecule has 218 valence electrons. The first kappa shape index (κ1) is 27.4. The quantitative estimate of drug-likeness (QED) is 0.367. The maximum Gasteiger partial charge on any atom is 0.417 e. The molecule has 2 aromatic heterocycles. The van der Waals surface area contributed by atoms with Crippen LogP contribution in [-0.4, -0.2) is 83.3 Å². The van der Waals surface area contributed by atoms with Crippen molar-refractivity contribution in [2.75, 3.05) is 56.7 Å². The van der Waals surface area contributed by atoms with E-state index in [1.807, 2.05) is 10.9 Å². The summed E-state index contributed by atoms with van der Waals surface area (Å²) in [5, 5.41) is 8.18. The van der Waals surface area contributed by atoms with E-state index >= 15 is 0 Å². The number of halogens is 1. The van der Waals surface area contributed by atoms with Crippen LogP contribution in [0.1, 0.15) is 18.9 Å². The number of amides is 2. The van der Waals surface area contributed by atoms with Crippen molar-refractivity contribution < 1.29 is 28.2 Å². The molecule has 2 aliphatic heterocycles. The van der Waals surface area contributed by atoms with Crippen molar-refractivity contribution in [1.29, 1.82) is 0 Å². The van der Waals surface area contributed by atoms with E-state index in [0.29, 0.717) is 56.6 Å². The second-order valence-corrected chi connectivity index (χ2v) is 10.0. The van der Waals surface area contributed by atoms with Gasteiger partial charge in [0.1, 0.15) is 5.82 Å². The van der Waals surface area contributed by atoms with Crippen molar-refractivity contribution in [3.8, 4) is 17.1 Å². The number of nitrogens with one attached hydrogen (secondary N) is 1. The van der Waals surface area contributed by atoms with Gasteiger partial charge in [-0.15, -0.1) is 0 Å². The molecule has 2 aliphatic rings. The molecule has 0 bridgehead atoms. The summed E-state index contributed by atoms with van der Waals surface area (Å²) in [6.45, 7) is 3.73. The van der Waals surface area contributed by atoms with Gasteiger partial charge in [-0.05, 0) is 49.2 Å². The summed E-state index contributed by atoms with van der Waals surface area (Å²) in [6, 6.07) is 12.8. The largest absolute Gasteiger partial charge is 0.453 e. The number of hydrogen-bond acceptors (Lipinski definition) is 9. The zero-order chi connectivity index (χ0) is 29.1. The Balaban J connectivity index is 1.27. The van der Waals surface area contributed by atoms with Gasteiger partial charge in [0, 0.05) is 37.4 Å². The van der Waals surface area contributed by atoms with Gasteiger partial charge < -0.3 is 24.0 Å². The Bertz CT molecular complexity index is 1580. The molecule has 2 saturated heterocycles. The number of carbonyl (C=O) groups excluding carboxylic acids is 2. The van der Waals surface area contributed by atoms with E-state index in [4.69, 9.17) is 29.3 Å². The molecule has 2 aromatic carbocycles. The molecule has 6 rings (SSSR count). The van der Waals surface area contributed by atoms with Crippen LogP contribution in [0.2, 0.25) is 0 Å². The SMILES string of the molecule is COC(=O)N1CCC(n2ncc3c(N4CCOCC4)nc(-c4ccc(NC(=O)Oc5ccccc5F)cc4)nc32)CC1. The highest BCUT2D eigenvalue weighted by Gasteiger charge is 2.28. The molecule has 2 amide bonds. The summed E-state index contributed by atoms with van der Waals surface area (Å²) >= 11 is 0. The summed E-state index contributed by atoms with van der Waals surface area (Å²) < 4.78 is 31.3. The number of hydrogen-bond donors (Lipinski definition) is 1. The van der Waals surface area contributed by atoms with Crippen LogP contribution in [-0.2, 0) is 9.47 Å². The van der Waals surface area contributed by atoms with Gasteiger partial charge >= 0.3 is 12.2 Å². The molecule has 42 heavy (non-hydrogen) atoms. The highest BCUT2D eigenvalue weighted by atomic mass is 19.1. The number of nitrogens with zero attached hydrogens (tertiary/aromatic N) is 6. The number of carbonyl (C=O) groups is 2. The first-order valence-corrected chi connectivity index (χ1v) is 13.7. The second kappa shape index (κ2) is 12.0. The third kappa shape index (κ3) is 5.68. The highest BCUT2D eigenvalue weighted by molar-refractivity contribution is 5.89. The monoisotopic (exact) mass is 575 g/mol. The number of ether oxygens (including phenoxy) is 3. The molecule has 0 saturated carbocycles. The van der Waals surface area contributed by atoms with Crippen LogP contribution in [0.25, 0.3) is 22.4 Å². The summed E-state index contributed by atoms with van der Waals surface area (Å²) in [5.41, 5.74) is 1.93. The topological polar surface area (TPSA) is 124 Å². The van der Waals surface area contributed by atoms with Crippen LogP contribution >= 0.6 is 0 Å². The zero-order valence-electron chi connectivity index (χ0n) is 23.0. The molecule has 4 aromatic rings. The average Bonchev–Trinajstić information content (AvgIpc) is 3.46. The van der Waals surface area contributed by atoms with Crippen LogP contribution in [0, 0.1) is 5.82 Å². The number of para-hydroxylation sites is 1. The van der Waals surface area contributed by atoms with Crippen molar-refractivity contribution >= 4 is 34.7 Å². The fourth-order valence-electron chi connectivity index (χ4n) is 5.22. The van der Waals surface area contributed by atoms with Gasteiger partial charge in [0.2, 0.25) is 0 Å². The number of morpholine rings is 1. The Morgan fingerprint density at radius 3 is 2.45 bits per heavy atom. The van der Waals surface area contributed by atoms with E-state index in [0.717, 1.165) is 29.6 Å². The maximum atomic E-state index is 13.8. The van der Waals surface area contributed by atoms with E-state index in [-0.39, 0.29) is 17.9 Å². The third-order valence-electron chi connectivity index (χ3n) is 7.42. The number of piperidine rings is 1. The number of aromatic nitrogens is 4. The van der Waals surface area contributed by atoms with E-state index < -0.39 is 11.9 Å². The number of anilines is 2. The van der Waals surface area contributed by atoms with Gasteiger partial charge in [0.15, 0.2) is 23.0 Å². The van der Waals surface area contributed by atoms with E-state index in [1.165, 1.54) is 25.3 Å². The van der Waals surface area contributed by atoms with E-state index in [2.05, 4.69) is 10.2 Å². The molecule has 0 spiro atoms. The van der Waals surface area contributed by atoms with Crippen molar-refractivity contribution in [2.45, 2.75) is 18.9 Å². The number of benzene rings is 2. The highest BCUT2D eigenvalue weighted by Crippen LogP contribution is 2.32. The van der Waals surface area contributed by atoms with Crippen LogP contribution < -0.4 is 15.0 Å². The lowest BCUT2D eigenvalue weighted by Crippen LogP contribution is -2.39. The van der Waals surface area contributed by atoms with Crippen LogP contribution in [0.4, 0.5) is 25.5 Å². The minimum absolute atomic E-state index is 0.0655. The van der Waals surface area contributed by atoms with Crippen LogP contribution in [0.5, 0.6) is 5.75 Å². The fourth-order valence-corrected chi connectivity index (χ4v) is 5.22. The van der Waals surface area contributed by atoms with Crippen molar-refractivity contribution in [2.24, 2.45) is 0 Å². The summed E-state index contributed by atoms with van der Waals surface area (Å²) in [6.07, 6.45) is 2.13. The Labute approximate surface area is 241 Å². The zero-order valence-corrected chi connectivity index (χ0v) is 23.0. The summed E-state index contributed by atoms with van der Waals surface area (Å²) in [7, 11) is 1.39. The lowest BCUT2D eigenvalue weighted by Gasteiger charge is -2.31.